The van der Waals surface area contributed by atoms with Crippen LogP contribution in [0.1, 0.15) is 31.9 Å². The van der Waals surface area contributed by atoms with Crippen molar-refractivity contribution in [2.24, 2.45) is 0 Å². The van der Waals surface area contributed by atoms with Crippen molar-refractivity contribution in [1.82, 2.24) is 4.98 Å². The van der Waals surface area contributed by atoms with Crippen LogP contribution < -0.4 is 0 Å². The third-order valence-electron chi connectivity index (χ3n) is 2.77. The van der Waals surface area contributed by atoms with E-state index in [2.05, 4.69) is 4.98 Å². The molecule has 17 heavy (non-hydrogen) atoms. The van der Waals surface area contributed by atoms with E-state index in [0.717, 1.165) is 7.11 Å². The van der Waals surface area contributed by atoms with E-state index in [-0.39, 0.29) is 12.1 Å². The van der Waals surface area contributed by atoms with E-state index < -0.39 is 11.8 Å². The van der Waals surface area contributed by atoms with Crippen molar-refractivity contribution in [2.75, 3.05) is 7.11 Å². The summed E-state index contributed by atoms with van der Waals surface area (Å²) in [7, 11) is 1.08. The van der Waals surface area contributed by atoms with E-state index in [1.807, 2.05) is 6.92 Å². The van der Waals surface area contributed by atoms with E-state index in [4.69, 9.17) is 4.74 Å². The summed E-state index contributed by atoms with van der Waals surface area (Å²) in [6.07, 6.45) is -2.12. The van der Waals surface area contributed by atoms with Crippen molar-refractivity contribution >= 4 is 0 Å². The first-order valence-electron chi connectivity index (χ1n) is 5.51. The van der Waals surface area contributed by atoms with Gasteiger partial charge in [-0.3, -0.25) is 4.98 Å². The van der Waals surface area contributed by atoms with Gasteiger partial charge in [-0.05, 0) is 18.6 Å². The standard InChI is InChI=1S/C12H16F3NO/c1-3-4-8-11(17-2,12(13,14)15)10-7-5-6-9-16-10/h5-7,9H,3-4,8H2,1-2H3. The molecule has 0 aliphatic heterocycles. The molecule has 1 aromatic heterocycles. The van der Waals surface area contributed by atoms with E-state index in [1.54, 1.807) is 6.07 Å². The van der Waals surface area contributed by atoms with Crippen LogP contribution in [0.5, 0.6) is 0 Å². The fraction of sp³-hybridized carbons (Fsp3) is 0.583. The molecule has 1 aromatic rings. The largest absolute Gasteiger partial charge is 0.423 e. The Kier molecular flexibility index (Phi) is 4.51. The van der Waals surface area contributed by atoms with Gasteiger partial charge in [0.25, 0.3) is 0 Å². The maximum Gasteiger partial charge on any atom is 0.423 e. The van der Waals surface area contributed by atoms with Gasteiger partial charge in [-0.15, -0.1) is 0 Å². The summed E-state index contributed by atoms with van der Waals surface area (Å²) < 4.78 is 44.5. The minimum atomic E-state index is -4.47. The molecule has 0 aliphatic rings. The summed E-state index contributed by atoms with van der Waals surface area (Å²) in [6.45, 7) is 1.84. The average Bonchev–Trinajstić information content (AvgIpc) is 2.30. The fourth-order valence-electron chi connectivity index (χ4n) is 1.76. The van der Waals surface area contributed by atoms with Crippen LogP contribution in [0.3, 0.4) is 0 Å². The third-order valence-corrected chi connectivity index (χ3v) is 2.77. The number of nitrogens with zero attached hydrogens (tertiary/aromatic N) is 1. The summed E-state index contributed by atoms with van der Waals surface area (Å²) in [6, 6.07) is 4.47. The van der Waals surface area contributed by atoms with Crippen molar-refractivity contribution in [2.45, 2.75) is 38.0 Å². The molecule has 96 valence electrons. The Balaban J connectivity index is 3.17. The Morgan fingerprint density at radius 2 is 2.00 bits per heavy atom. The summed E-state index contributed by atoms with van der Waals surface area (Å²) in [5.74, 6) is 0. The quantitative estimate of drug-likeness (QED) is 0.791. The zero-order valence-corrected chi connectivity index (χ0v) is 9.92. The number of alkyl halides is 3. The molecule has 1 rings (SSSR count). The normalized spacial score (nSPS) is 15.6. The van der Waals surface area contributed by atoms with Gasteiger partial charge < -0.3 is 4.74 Å². The highest BCUT2D eigenvalue weighted by atomic mass is 19.4. The molecular formula is C12H16F3NO. The SMILES string of the molecule is CCCCC(OC)(c1ccccn1)C(F)(F)F. The fourth-order valence-corrected chi connectivity index (χ4v) is 1.76. The first kappa shape index (κ1) is 14.0. The first-order chi connectivity index (χ1) is 7.98. The molecule has 5 heteroatoms. The molecule has 2 nitrogen and oxygen atoms in total. The summed E-state index contributed by atoms with van der Waals surface area (Å²) in [5.41, 5.74) is -2.37. The molecule has 0 aliphatic carbocycles. The number of hydrogen-bond donors (Lipinski definition) is 0. The highest BCUT2D eigenvalue weighted by Gasteiger charge is 2.57. The topological polar surface area (TPSA) is 22.1 Å². The van der Waals surface area contributed by atoms with Gasteiger partial charge >= 0.3 is 6.18 Å². The lowest BCUT2D eigenvalue weighted by molar-refractivity contribution is -0.281. The number of halogens is 3. The number of methoxy groups -OCH3 is 1. The van der Waals surface area contributed by atoms with Gasteiger partial charge in [-0.2, -0.15) is 13.2 Å². The molecule has 0 amide bonds. The number of hydrogen-bond acceptors (Lipinski definition) is 2. The molecule has 0 spiro atoms. The lowest BCUT2D eigenvalue weighted by atomic mass is 9.91. The predicted molar refractivity (Wildman–Crippen MR) is 58.5 cm³/mol. The second-order valence-electron chi connectivity index (χ2n) is 3.85. The lowest BCUT2D eigenvalue weighted by Gasteiger charge is -2.33. The second-order valence-corrected chi connectivity index (χ2v) is 3.85. The van der Waals surface area contributed by atoms with Gasteiger partial charge in [0.1, 0.15) is 0 Å². The Morgan fingerprint density at radius 1 is 1.29 bits per heavy atom. The van der Waals surface area contributed by atoms with Crippen molar-refractivity contribution in [3.63, 3.8) is 0 Å². The van der Waals surface area contributed by atoms with Crippen LogP contribution in [0, 0.1) is 0 Å². The van der Waals surface area contributed by atoms with Gasteiger partial charge in [0.2, 0.25) is 5.60 Å². The molecule has 0 aromatic carbocycles. The molecule has 1 unspecified atom stereocenters. The first-order valence-corrected chi connectivity index (χ1v) is 5.51. The smallest absolute Gasteiger partial charge is 0.363 e. The lowest BCUT2D eigenvalue weighted by Crippen LogP contribution is -2.44. The molecule has 0 radical (unpaired) electrons. The molecule has 0 fully saturated rings. The van der Waals surface area contributed by atoms with Crippen LogP contribution in [-0.4, -0.2) is 18.3 Å². The van der Waals surface area contributed by atoms with E-state index >= 15 is 0 Å². The van der Waals surface area contributed by atoms with Crippen LogP contribution in [0.4, 0.5) is 13.2 Å². The summed E-state index contributed by atoms with van der Waals surface area (Å²) in [5, 5.41) is 0. The van der Waals surface area contributed by atoms with E-state index in [9.17, 15) is 13.2 Å². The van der Waals surface area contributed by atoms with Crippen LogP contribution in [0.15, 0.2) is 24.4 Å². The number of pyridine rings is 1. The van der Waals surface area contributed by atoms with Gasteiger partial charge in [0.15, 0.2) is 0 Å². The molecule has 1 atom stereocenters. The molecule has 0 saturated carbocycles. The van der Waals surface area contributed by atoms with Crippen molar-refractivity contribution in [3.8, 4) is 0 Å². The van der Waals surface area contributed by atoms with E-state index in [1.165, 1.54) is 18.3 Å². The van der Waals surface area contributed by atoms with Crippen LogP contribution in [0.25, 0.3) is 0 Å². The van der Waals surface area contributed by atoms with Crippen LogP contribution in [-0.2, 0) is 10.3 Å². The van der Waals surface area contributed by atoms with Gasteiger partial charge in [0, 0.05) is 13.3 Å². The molecular weight excluding hydrogens is 231 g/mol. The highest BCUT2D eigenvalue weighted by Crippen LogP contribution is 2.44. The number of aromatic nitrogens is 1. The zero-order chi connectivity index (χ0) is 12.9. The predicted octanol–water partition coefficient (Wildman–Crippen LogP) is 3.68. The van der Waals surface area contributed by atoms with Gasteiger partial charge in [-0.25, -0.2) is 0 Å². The minimum Gasteiger partial charge on any atom is -0.363 e. The molecule has 0 saturated heterocycles. The monoisotopic (exact) mass is 247 g/mol. The summed E-state index contributed by atoms with van der Waals surface area (Å²) >= 11 is 0. The average molecular weight is 247 g/mol. The summed E-state index contributed by atoms with van der Waals surface area (Å²) in [4.78, 5) is 3.80. The Bertz CT molecular complexity index is 339. The Labute approximate surface area is 98.8 Å². The highest BCUT2D eigenvalue weighted by molar-refractivity contribution is 5.16. The zero-order valence-electron chi connectivity index (χ0n) is 9.92. The Morgan fingerprint density at radius 3 is 2.41 bits per heavy atom. The maximum atomic E-state index is 13.2. The van der Waals surface area contributed by atoms with E-state index in [0.29, 0.717) is 12.8 Å². The molecule has 0 bridgehead atoms. The molecule has 0 N–H and O–H groups in total. The number of ether oxygens (including phenoxy) is 1. The van der Waals surface area contributed by atoms with Gasteiger partial charge in [-0.1, -0.05) is 25.8 Å². The Hall–Kier alpha value is -1.10. The van der Waals surface area contributed by atoms with Crippen molar-refractivity contribution in [3.05, 3.63) is 30.1 Å². The van der Waals surface area contributed by atoms with Gasteiger partial charge in [0.05, 0.1) is 5.69 Å². The number of rotatable bonds is 5. The second kappa shape index (κ2) is 5.49. The van der Waals surface area contributed by atoms with Crippen molar-refractivity contribution in [1.29, 1.82) is 0 Å². The van der Waals surface area contributed by atoms with Crippen LogP contribution >= 0.6 is 0 Å². The third kappa shape index (κ3) is 2.77. The minimum absolute atomic E-state index is 0.0801. The van der Waals surface area contributed by atoms with Crippen LogP contribution in [0.2, 0.25) is 0 Å². The maximum absolute atomic E-state index is 13.2. The number of unbranched alkanes of at least 4 members (excludes halogenated alkanes) is 1. The molecule has 1 heterocycles. The van der Waals surface area contributed by atoms with Crippen molar-refractivity contribution < 1.29 is 17.9 Å².